The zero-order chi connectivity index (χ0) is 15.5. The Morgan fingerprint density at radius 1 is 1.33 bits per heavy atom. The van der Waals surface area contributed by atoms with E-state index in [1.165, 1.54) is 35.6 Å². The smallest absolute Gasteiger partial charge is 0.347 e. The van der Waals surface area contributed by atoms with Crippen LogP contribution in [0.2, 0.25) is 0 Å². The molecule has 21 heavy (non-hydrogen) atoms. The van der Waals surface area contributed by atoms with E-state index in [2.05, 4.69) is 10.3 Å². The van der Waals surface area contributed by atoms with Gasteiger partial charge in [0.25, 0.3) is 5.91 Å². The van der Waals surface area contributed by atoms with E-state index in [4.69, 9.17) is 0 Å². The molecular formula is C13H11F3N2OS2. The first kappa shape index (κ1) is 15.8. The Morgan fingerprint density at radius 2 is 2.00 bits per heavy atom. The topological polar surface area (TPSA) is 42.0 Å². The molecule has 2 rings (SSSR count). The molecule has 0 bridgehead atoms. The molecule has 1 heterocycles. The van der Waals surface area contributed by atoms with Gasteiger partial charge in [0.05, 0.1) is 11.6 Å². The SMILES string of the molecule is Cc1ncc(CNC(=O)c2ccc(SC(F)(F)F)cc2)s1. The summed E-state index contributed by atoms with van der Waals surface area (Å²) in [5, 5.41) is 3.61. The second-order valence-corrected chi connectivity index (χ2v) is 6.56. The summed E-state index contributed by atoms with van der Waals surface area (Å²) in [7, 11) is 0. The number of halogens is 3. The summed E-state index contributed by atoms with van der Waals surface area (Å²) in [4.78, 5) is 16.9. The van der Waals surface area contributed by atoms with Crippen molar-refractivity contribution in [2.24, 2.45) is 0 Å². The zero-order valence-corrected chi connectivity index (χ0v) is 12.5. The molecule has 0 spiro atoms. The van der Waals surface area contributed by atoms with Gasteiger partial charge in [0, 0.05) is 21.5 Å². The fraction of sp³-hybridized carbons (Fsp3) is 0.231. The van der Waals surface area contributed by atoms with Crippen LogP contribution in [0.3, 0.4) is 0 Å². The van der Waals surface area contributed by atoms with Gasteiger partial charge in [-0.2, -0.15) is 13.2 Å². The van der Waals surface area contributed by atoms with Gasteiger partial charge in [0.2, 0.25) is 0 Å². The normalized spacial score (nSPS) is 11.4. The van der Waals surface area contributed by atoms with Crippen molar-refractivity contribution in [2.75, 3.05) is 0 Å². The van der Waals surface area contributed by atoms with Crippen molar-refractivity contribution in [3.63, 3.8) is 0 Å². The van der Waals surface area contributed by atoms with E-state index >= 15 is 0 Å². The van der Waals surface area contributed by atoms with Crippen molar-refractivity contribution in [1.29, 1.82) is 0 Å². The number of hydrogen-bond donors (Lipinski definition) is 1. The van der Waals surface area contributed by atoms with Gasteiger partial charge < -0.3 is 5.32 Å². The minimum absolute atomic E-state index is 0.0529. The van der Waals surface area contributed by atoms with E-state index in [9.17, 15) is 18.0 Å². The van der Waals surface area contributed by atoms with Crippen LogP contribution in [0.15, 0.2) is 35.4 Å². The number of carbonyl (C=O) groups excluding carboxylic acids is 1. The summed E-state index contributed by atoms with van der Waals surface area (Å²) in [5.74, 6) is -0.329. The van der Waals surface area contributed by atoms with Gasteiger partial charge in [-0.25, -0.2) is 4.98 Å². The molecule has 0 aliphatic heterocycles. The number of hydrogen-bond acceptors (Lipinski definition) is 4. The zero-order valence-electron chi connectivity index (χ0n) is 10.9. The van der Waals surface area contributed by atoms with Gasteiger partial charge in [-0.1, -0.05) is 0 Å². The largest absolute Gasteiger partial charge is 0.446 e. The number of amides is 1. The molecule has 2 aromatic rings. The van der Waals surface area contributed by atoms with E-state index < -0.39 is 5.51 Å². The lowest BCUT2D eigenvalue weighted by molar-refractivity contribution is -0.0328. The summed E-state index contributed by atoms with van der Waals surface area (Å²) in [6, 6.07) is 5.32. The van der Waals surface area contributed by atoms with Crippen LogP contribution in [0.1, 0.15) is 20.2 Å². The van der Waals surface area contributed by atoms with Crippen LogP contribution >= 0.6 is 23.1 Å². The van der Waals surface area contributed by atoms with Crippen LogP contribution in [-0.4, -0.2) is 16.4 Å². The quantitative estimate of drug-likeness (QED) is 0.861. The summed E-state index contributed by atoms with van der Waals surface area (Å²) in [6.07, 6.45) is 1.68. The van der Waals surface area contributed by atoms with E-state index in [1.54, 1.807) is 6.20 Å². The number of carbonyl (C=O) groups is 1. The number of nitrogens with one attached hydrogen (secondary N) is 1. The number of rotatable bonds is 4. The molecule has 1 aromatic heterocycles. The molecule has 1 amide bonds. The molecule has 0 radical (unpaired) electrons. The maximum absolute atomic E-state index is 12.2. The number of thiazole rings is 1. The fourth-order valence-electron chi connectivity index (χ4n) is 1.56. The van der Waals surface area contributed by atoms with Crippen LogP contribution in [0, 0.1) is 6.92 Å². The molecule has 3 nitrogen and oxygen atoms in total. The molecular weight excluding hydrogens is 321 g/mol. The van der Waals surface area contributed by atoms with Crippen molar-refractivity contribution in [1.82, 2.24) is 10.3 Å². The minimum Gasteiger partial charge on any atom is -0.347 e. The summed E-state index contributed by atoms with van der Waals surface area (Å²) >= 11 is 1.28. The first-order valence-corrected chi connectivity index (χ1v) is 7.52. The second kappa shape index (κ2) is 6.48. The Balaban J connectivity index is 1.93. The Kier molecular flexibility index (Phi) is 4.89. The summed E-state index contributed by atoms with van der Waals surface area (Å²) < 4.78 is 36.6. The van der Waals surface area contributed by atoms with Gasteiger partial charge in [0.1, 0.15) is 0 Å². The Bertz CT molecular complexity index is 623. The summed E-state index contributed by atoms with van der Waals surface area (Å²) in [6.45, 7) is 2.22. The molecule has 0 fully saturated rings. The maximum atomic E-state index is 12.2. The second-order valence-electron chi connectivity index (χ2n) is 4.10. The van der Waals surface area contributed by atoms with Gasteiger partial charge in [-0.15, -0.1) is 11.3 Å². The molecule has 1 N–H and O–H groups in total. The number of aromatic nitrogens is 1. The first-order chi connectivity index (χ1) is 9.83. The van der Waals surface area contributed by atoms with Crippen LogP contribution in [0.25, 0.3) is 0 Å². The number of thioether (sulfide) groups is 1. The minimum atomic E-state index is -4.33. The number of alkyl halides is 3. The van der Waals surface area contributed by atoms with E-state index in [0.717, 1.165) is 9.88 Å². The lowest BCUT2D eigenvalue weighted by atomic mass is 10.2. The highest BCUT2D eigenvalue weighted by Crippen LogP contribution is 2.36. The predicted molar refractivity (Wildman–Crippen MR) is 76.4 cm³/mol. The Hall–Kier alpha value is -1.54. The third-order valence-corrected chi connectivity index (χ3v) is 4.09. The number of benzene rings is 1. The van der Waals surface area contributed by atoms with Gasteiger partial charge in [0.15, 0.2) is 0 Å². The van der Waals surface area contributed by atoms with Crippen molar-refractivity contribution >= 4 is 29.0 Å². The molecule has 1 aromatic carbocycles. The van der Waals surface area contributed by atoms with E-state index in [-0.39, 0.29) is 22.6 Å². The molecule has 0 saturated heterocycles. The summed E-state index contributed by atoms with van der Waals surface area (Å²) in [5.41, 5.74) is -4.00. The highest BCUT2D eigenvalue weighted by molar-refractivity contribution is 8.00. The monoisotopic (exact) mass is 332 g/mol. The van der Waals surface area contributed by atoms with Gasteiger partial charge in [-0.05, 0) is 43.0 Å². The molecule has 0 aliphatic rings. The van der Waals surface area contributed by atoms with Crippen LogP contribution in [0.4, 0.5) is 13.2 Å². The number of nitrogens with zero attached hydrogens (tertiary/aromatic N) is 1. The van der Waals surface area contributed by atoms with Crippen molar-refractivity contribution in [3.8, 4) is 0 Å². The van der Waals surface area contributed by atoms with Crippen LogP contribution < -0.4 is 5.32 Å². The lowest BCUT2D eigenvalue weighted by Gasteiger charge is -2.07. The van der Waals surface area contributed by atoms with E-state index in [0.29, 0.717) is 12.1 Å². The highest BCUT2D eigenvalue weighted by atomic mass is 32.2. The lowest BCUT2D eigenvalue weighted by Crippen LogP contribution is -2.22. The molecule has 112 valence electrons. The third kappa shape index (κ3) is 5.05. The fourth-order valence-corrected chi connectivity index (χ4v) is 2.84. The average Bonchev–Trinajstić information content (AvgIpc) is 2.81. The number of aryl methyl sites for hydroxylation is 1. The predicted octanol–water partition coefficient (Wildman–Crippen LogP) is 3.99. The van der Waals surface area contributed by atoms with Gasteiger partial charge >= 0.3 is 5.51 Å². The molecule has 0 atom stereocenters. The molecule has 0 unspecified atom stereocenters. The Labute approximate surface area is 127 Å². The van der Waals surface area contributed by atoms with Crippen molar-refractivity contribution in [3.05, 3.63) is 45.9 Å². The average molecular weight is 332 g/mol. The Morgan fingerprint density at radius 3 is 2.52 bits per heavy atom. The molecule has 0 saturated carbocycles. The van der Waals surface area contributed by atoms with Gasteiger partial charge in [-0.3, -0.25) is 4.79 Å². The maximum Gasteiger partial charge on any atom is 0.446 e. The third-order valence-electron chi connectivity index (χ3n) is 2.44. The van der Waals surface area contributed by atoms with E-state index in [1.807, 2.05) is 6.92 Å². The first-order valence-electron chi connectivity index (χ1n) is 5.89. The standard InChI is InChI=1S/C13H11F3N2OS2/c1-8-17-6-11(20-8)7-18-12(19)9-2-4-10(5-3-9)21-13(14,15)16/h2-6H,7H2,1H3,(H,18,19). The van der Waals surface area contributed by atoms with Crippen molar-refractivity contribution < 1.29 is 18.0 Å². The van der Waals surface area contributed by atoms with Crippen LogP contribution in [-0.2, 0) is 6.54 Å². The molecule has 8 heteroatoms. The van der Waals surface area contributed by atoms with Crippen molar-refractivity contribution in [2.45, 2.75) is 23.9 Å². The highest BCUT2D eigenvalue weighted by Gasteiger charge is 2.29. The molecule has 0 aliphatic carbocycles. The van der Waals surface area contributed by atoms with Crippen LogP contribution in [0.5, 0.6) is 0 Å².